The first-order valence-electron chi connectivity index (χ1n) is 2.38. The van der Waals surface area contributed by atoms with Crippen LogP contribution in [-0.2, 0) is 0 Å². The van der Waals surface area contributed by atoms with Gasteiger partial charge in [-0.05, 0) is 6.92 Å². The first-order valence-corrected chi connectivity index (χ1v) is 2.38. The minimum Gasteiger partial charge on any atom is -0.350 e. The fourth-order valence-electron chi connectivity index (χ4n) is 0.516. The molecule has 1 aromatic rings. The van der Waals surface area contributed by atoms with Gasteiger partial charge in [0.1, 0.15) is 12.2 Å². The highest BCUT2D eigenvalue weighted by atomic mass is 16.2. The van der Waals surface area contributed by atoms with Crippen molar-refractivity contribution in [2.24, 2.45) is 5.73 Å². The van der Waals surface area contributed by atoms with Crippen molar-refractivity contribution in [2.45, 2.75) is 6.92 Å². The number of aryl methyl sites for hydroxylation is 1. The van der Waals surface area contributed by atoms with Crippen molar-refractivity contribution in [3.05, 3.63) is 12.2 Å². The highest BCUT2D eigenvalue weighted by molar-refractivity contribution is 5.73. The van der Waals surface area contributed by atoms with Crippen molar-refractivity contribution in [3.63, 3.8) is 0 Å². The molecule has 1 aromatic heterocycles. The van der Waals surface area contributed by atoms with Crippen LogP contribution in [0, 0.1) is 6.92 Å². The van der Waals surface area contributed by atoms with E-state index in [4.69, 9.17) is 5.73 Å². The monoisotopic (exact) mass is 126 g/mol. The first-order chi connectivity index (χ1) is 4.22. The van der Waals surface area contributed by atoms with Gasteiger partial charge in [0, 0.05) is 0 Å². The molecule has 1 rings (SSSR count). The van der Waals surface area contributed by atoms with Crippen molar-refractivity contribution in [1.29, 1.82) is 0 Å². The van der Waals surface area contributed by atoms with Gasteiger partial charge in [-0.1, -0.05) is 0 Å². The SMILES string of the molecule is Cc1ncnn1C(N)=O. The summed E-state index contributed by atoms with van der Waals surface area (Å²) in [7, 11) is 0. The number of nitrogens with zero attached hydrogens (tertiary/aromatic N) is 3. The maximum atomic E-state index is 10.4. The van der Waals surface area contributed by atoms with Gasteiger partial charge in [0.15, 0.2) is 0 Å². The maximum absolute atomic E-state index is 10.4. The second kappa shape index (κ2) is 1.85. The highest BCUT2D eigenvalue weighted by Gasteiger charge is 2.01. The maximum Gasteiger partial charge on any atom is 0.341 e. The molecule has 5 heteroatoms. The van der Waals surface area contributed by atoms with E-state index in [1.54, 1.807) is 6.92 Å². The largest absolute Gasteiger partial charge is 0.350 e. The summed E-state index contributed by atoms with van der Waals surface area (Å²) < 4.78 is 1.03. The molecule has 0 unspecified atom stereocenters. The Hall–Kier alpha value is -1.39. The number of hydrogen-bond acceptors (Lipinski definition) is 3. The predicted octanol–water partition coefficient (Wildman–Crippen LogP) is -0.487. The Bertz CT molecular complexity index is 228. The van der Waals surface area contributed by atoms with Crippen LogP contribution < -0.4 is 5.73 Å². The molecule has 0 spiro atoms. The molecular weight excluding hydrogens is 120 g/mol. The highest BCUT2D eigenvalue weighted by Crippen LogP contribution is 1.86. The van der Waals surface area contributed by atoms with E-state index in [1.165, 1.54) is 6.33 Å². The summed E-state index contributed by atoms with van der Waals surface area (Å²) in [6.07, 6.45) is 1.28. The Morgan fingerprint density at radius 3 is 2.78 bits per heavy atom. The third kappa shape index (κ3) is 0.883. The summed E-state index contributed by atoms with van der Waals surface area (Å²) in [5, 5.41) is 3.55. The molecule has 0 aliphatic rings. The summed E-state index contributed by atoms with van der Waals surface area (Å²) in [6, 6.07) is -0.606. The van der Waals surface area contributed by atoms with Crippen molar-refractivity contribution in [3.8, 4) is 0 Å². The molecular formula is C4H6N4O. The smallest absolute Gasteiger partial charge is 0.341 e. The predicted molar refractivity (Wildman–Crippen MR) is 29.7 cm³/mol. The minimum atomic E-state index is -0.606. The second-order valence-corrected chi connectivity index (χ2v) is 1.56. The van der Waals surface area contributed by atoms with Crippen LogP contribution in [0.25, 0.3) is 0 Å². The van der Waals surface area contributed by atoms with Crippen LogP contribution in [0.1, 0.15) is 5.82 Å². The average molecular weight is 126 g/mol. The third-order valence-corrected chi connectivity index (χ3v) is 0.927. The zero-order valence-electron chi connectivity index (χ0n) is 4.90. The van der Waals surface area contributed by atoms with Crippen LogP contribution in [0.5, 0.6) is 0 Å². The van der Waals surface area contributed by atoms with Gasteiger partial charge >= 0.3 is 6.03 Å². The van der Waals surface area contributed by atoms with Gasteiger partial charge in [-0.25, -0.2) is 9.78 Å². The summed E-state index contributed by atoms with van der Waals surface area (Å²) in [5.74, 6) is 0.502. The van der Waals surface area contributed by atoms with Crippen molar-refractivity contribution >= 4 is 6.03 Å². The van der Waals surface area contributed by atoms with Gasteiger partial charge < -0.3 is 5.73 Å². The van der Waals surface area contributed by atoms with Crippen molar-refractivity contribution < 1.29 is 4.79 Å². The molecule has 2 N–H and O–H groups in total. The molecule has 0 fully saturated rings. The van der Waals surface area contributed by atoms with Crippen LogP contribution in [-0.4, -0.2) is 20.8 Å². The molecule has 48 valence electrons. The number of carbonyl (C=O) groups excluding carboxylic acids is 1. The minimum absolute atomic E-state index is 0.502. The number of amides is 1. The quantitative estimate of drug-likeness (QED) is 0.509. The summed E-state index contributed by atoms with van der Waals surface area (Å²) in [5.41, 5.74) is 4.88. The fraction of sp³-hybridized carbons (Fsp3) is 0.250. The van der Waals surface area contributed by atoms with Crippen LogP contribution >= 0.6 is 0 Å². The number of hydrogen-bond donors (Lipinski definition) is 1. The molecule has 0 bridgehead atoms. The Kier molecular flexibility index (Phi) is 1.18. The Morgan fingerprint density at radius 1 is 1.89 bits per heavy atom. The molecule has 0 saturated carbocycles. The third-order valence-electron chi connectivity index (χ3n) is 0.927. The topological polar surface area (TPSA) is 73.8 Å². The lowest BCUT2D eigenvalue weighted by Gasteiger charge is -1.91. The number of carbonyl (C=O) groups is 1. The first kappa shape index (κ1) is 5.74. The van der Waals surface area contributed by atoms with Crippen LogP contribution in [0.15, 0.2) is 6.33 Å². The number of aromatic nitrogens is 3. The second-order valence-electron chi connectivity index (χ2n) is 1.56. The van der Waals surface area contributed by atoms with Crippen molar-refractivity contribution in [2.75, 3.05) is 0 Å². The lowest BCUT2D eigenvalue weighted by Crippen LogP contribution is -2.21. The van der Waals surface area contributed by atoms with Crippen molar-refractivity contribution in [1.82, 2.24) is 14.8 Å². The lowest BCUT2D eigenvalue weighted by atomic mass is 10.7. The lowest BCUT2D eigenvalue weighted by molar-refractivity contribution is 0.247. The summed E-state index contributed by atoms with van der Waals surface area (Å²) in [6.45, 7) is 1.65. The number of primary amides is 1. The zero-order valence-corrected chi connectivity index (χ0v) is 4.90. The van der Waals surface area contributed by atoms with Gasteiger partial charge in [-0.15, -0.1) is 0 Å². The van der Waals surface area contributed by atoms with Gasteiger partial charge in [0.05, 0.1) is 0 Å². The molecule has 9 heavy (non-hydrogen) atoms. The average Bonchev–Trinajstić information content (AvgIpc) is 2.13. The summed E-state index contributed by atoms with van der Waals surface area (Å²) >= 11 is 0. The van der Waals surface area contributed by atoms with Gasteiger partial charge in [-0.3, -0.25) is 0 Å². The van der Waals surface area contributed by atoms with Gasteiger partial charge in [0.2, 0.25) is 0 Å². The number of nitrogens with two attached hydrogens (primary N) is 1. The molecule has 0 aliphatic heterocycles. The molecule has 5 nitrogen and oxygen atoms in total. The van der Waals surface area contributed by atoms with E-state index in [0.29, 0.717) is 5.82 Å². The zero-order chi connectivity index (χ0) is 6.85. The molecule has 1 heterocycles. The fourth-order valence-corrected chi connectivity index (χ4v) is 0.516. The normalized spacial score (nSPS) is 9.44. The van der Waals surface area contributed by atoms with E-state index >= 15 is 0 Å². The molecule has 0 aromatic carbocycles. The summed E-state index contributed by atoms with van der Waals surface area (Å²) in [4.78, 5) is 14.1. The van der Waals surface area contributed by atoms with E-state index in [1.807, 2.05) is 0 Å². The van der Waals surface area contributed by atoms with Crippen LogP contribution in [0.4, 0.5) is 4.79 Å². The van der Waals surface area contributed by atoms with E-state index in [-0.39, 0.29) is 0 Å². The molecule has 0 saturated heterocycles. The van der Waals surface area contributed by atoms with E-state index in [0.717, 1.165) is 4.68 Å². The van der Waals surface area contributed by atoms with E-state index in [9.17, 15) is 4.79 Å². The van der Waals surface area contributed by atoms with Crippen LogP contribution in [0.2, 0.25) is 0 Å². The van der Waals surface area contributed by atoms with Gasteiger partial charge in [-0.2, -0.15) is 9.78 Å². The standard InChI is InChI=1S/C4H6N4O/c1-3-6-2-7-8(3)4(5)9/h2H,1H3,(H2,5,9). The van der Waals surface area contributed by atoms with E-state index < -0.39 is 6.03 Å². The molecule has 0 aliphatic carbocycles. The van der Waals surface area contributed by atoms with E-state index in [2.05, 4.69) is 10.1 Å². The Morgan fingerprint density at radius 2 is 2.56 bits per heavy atom. The Labute approximate surface area is 51.5 Å². The Balaban J connectivity index is 3.08. The van der Waals surface area contributed by atoms with Crippen LogP contribution in [0.3, 0.4) is 0 Å². The molecule has 0 radical (unpaired) electrons. The van der Waals surface area contributed by atoms with Gasteiger partial charge in [0.25, 0.3) is 0 Å². The molecule has 1 amide bonds. The molecule has 0 atom stereocenters. The number of rotatable bonds is 0.